The van der Waals surface area contributed by atoms with Crippen LogP contribution in [0.1, 0.15) is 0 Å². The Labute approximate surface area is 69.5 Å². The van der Waals surface area contributed by atoms with Gasteiger partial charge in [0.15, 0.2) is 0 Å². The van der Waals surface area contributed by atoms with Crippen molar-refractivity contribution in [1.29, 1.82) is 0 Å². The molecule has 1 aliphatic rings. The molecule has 0 aromatic carbocycles. The molecule has 2 unspecified atom stereocenters. The minimum absolute atomic E-state index is 0. The maximum absolute atomic E-state index is 10.5. The quantitative estimate of drug-likeness (QED) is 0.244. The van der Waals surface area contributed by atoms with Gasteiger partial charge in [-0.3, -0.25) is 14.9 Å². The molecule has 11 heavy (non-hydrogen) atoms. The summed E-state index contributed by atoms with van der Waals surface area (Å²) in [4.78, 5) is 12.2. The van der Waals surface area contributed by atoms with Crippen LogP contribution in [0.25, 0.3) is 0 Å². The summed E-state index contributed by atoms with van der Waals surface area (Å²) in [6.45, 7) is 0.818. The molecule has 0 aromatic rings. The van der Waals surface area contributed by atoms with E-state index in [2.05, 4.69) is 0 Å². The molecule has 0 radical (unpaired) electrons. The number of amides is 1. The molecule has 1 saturated heterocycles. The van der Waals surface area contributed by atoms with Gasteiger partial charge >= 0.3 is 0 Å². The van der Waals surface area contributed by atoms with Gasteiger partial charge in [0.25, 0.3) is 5.91 Å². The first-order valence-corrected chi connectivity index (χ1v) is 2.84. The number of nitrogens with zero attached hydrogens (tertiary/aromatic N) is 1. The highest BCUT2D eigenvalue weighted by Crippen LogP contribution is 2.14. The summed E-state index contributed by atoms with van der Waals surface area (Å²) in [6.07, 6.45) is 0. The van der Waals surface area contributed by atoms with Crippen molar-refractivity contribution in [3.05, 3.63) is 0 Å². The normalized spacial score (nSPS) is 27.1. The minimum atomic E-state index is -0.435. The molecule has 2 atom stereocenters. The highest BCUT2D eigenvalue weighted by atomic mass is 35.5. The van der Waals surface area contributed by atoms with E-state index in [0.29, 0.717) is 6.54 Å². The van der Waals surface area contributed by atoms with Gasteiger partial charge in [-0.15, -0.1) is 12.4 Å². The van der Waals surface area contributed by atoms with Crippen LogP contribution in [0.15, 0.2) is 0 Å². The molecule has 1 fully saturated rings. The molecule has 0 spiro atoms. The van der Waals surface area contributed by atoms with E-state index in [1.807, 2.05) is 5.48 Å². The van der Waals surface area contributed by atoms with E-state index in [0.717, 1.165) is 0 Å². The van der Waals surface area contributed by atoms with Crippen molar-refractivity contribution >= 4 is 18.3 Å². The molecule has 1 aliphatic heterocycles. The summed E-state index contributed by atoms with van der Waals surface area (Å²) in [6, 6.07) is -0.287. The van der Waals surface area contributed by atoms with Crippen LogP contribution in [0.4, 0.5) is 0 Å². The molecule has 0 aromatic heterocycles. The highest BCUT2D eigenvalue weighted by molar-refractivity contribution is 5.85. The topological polar surface area (TPSA) is 84.6 Å². The van der Waals surface area contributed by atoms with Crippen LogP contribution in [-0.2, 0) is 4.79 Å². The number of rotatable bonds is 3. The Balaban J connectivity index is 0.000001000. The maximum atomic E-state index is 10.5. The van der Waals surface area contributed by atoms with Crippen LogP contribution in [0.2, 0.25) is 0 Å². The van der Waals surface area contributed by atoms with E-state index < -0.39 is 5.91 Å². The third-order valence-corrected chi connectivity index (χ3v) is 1.40. The fourth-order valence-corrected chi connectivity index (χ4v) is 0.764. The lowest BCUT2D eigenvalue weighted by molar-refractivity contribution is -0.129. The summed E-state index contributed by atoms with van der Waals surface area (Å²) in [7, 11) is 0. The fourth-order valence-electron chi connectivity index (χ4n) is 0.764. The van der Waals surface area contributed by atoms with Crippen LogP contribution in [0, 0.1) is 0 Å². The molecule has 66 valence electrons. The second-order valence-electron chi connectivity index (χ2n) is 2.08. The van der Waals surface area contributed by atoms with Crippen molar-refractivity contribution in [2.24, 2.45) is 0 Å². The highest BCUT2D eigenvalue weighted by Gasteiger charge is 2.39. The summed E-state index contributed by atoms with van der Waals surface area (Å²) in [5, 5.41) is 16.3. The summed E-state index contributed by atoms with van der Waals surface area (Å²) >= 11 is 0. The van der Waals surface area contributed by atoms with Gasteiger partial charge in [0, 0.05) is 6.54 Å². The van der Waals surface area contributed by atoms with Crippen molar-refractivity contribution < 1.29 is 15.2 Å². The smallest absolute Gasteiger partial charge is 0.262 e. The number of hydrogen-bond donors (Lipinski definition) is 4. The van der Waals surface area contributed by atoms with Gasteiger partial charge in [-0.25, -0.2) is 5.48 Å². The third kappa shape index (κ3) is 2.60. The van der Waals surface area contributed by atoms with Crippen LogP contribution in [0.3, 0.4) is 0 Å². The predicted molar refractivity (Wildman–Crippen MR) is 37.5 cm³/mol. The fraction of sp³-hybridized carbons (Fsp3) is 0.750. The monoisotopic (exact) mass is 183 g/mol. The van der Waals surface area contributed by atoms with E-state index in [1.54, 1.807) is 4.90 Å². The number of nitrogens with one attached hydrogen (secondary N) is 2. The zero-order chi connectivity index (χ0) is 7.56. The average molecular weight is 184 g/mol. The number of carbonyl (C=O) groups excluding carboxylic acids is 1. The van der Waals surface area contributed by atoms with Crippen molar-refractivity contribution in [3.63, 3.8) is 0 Å². The number of halogens is 1. The average Bonchev–Trinajstić information content (AvgIpc) is 2.67. The third-order valence-electron chi connectivity index (χ3n) is 1.40. The van der Waals surface area contributed by atoms with Crippen molar-refractivity contribution in [3.8, 4) is 0 Å². The lowest BCUT2D eigenvalue weighted by atomic mass is 10.5. The minimum Gasteiger partial charge on any atom is -0.316 e. The Morgan fingerprint density at radius 1 is 1.64 bits per heavy atom. The van der Waals surface area contributed by atoms with E-state index >= 15 is 0 Å². The van der Waals surface area contributed by atoms with Crippen LogP contribution >= 0.6 is 12.4 Å². The Morgan fingerprint density at radius 2 is 2.27 bits per heavy atom. The number of hydrogen-bond acceptors (Lipinski definition) is 5. The van der Waals surface area contributed by atoms with Crippen LogP contribution in [-0.4, -0.2) is 40.5 Å². The zero-order valence-corrected chi connectivity index (χ0v) is 6.47. The first kappa shape index (κ1) is 10.6. The second kappa shape index (κ2) is 4.47. The van der Waals surface area contributed by atoms with Crippen molar-refractivity contribution in [1.82, 2.24) is 15.9 Å². The van der Waals surface area contributed by atoms with Gasteiger partial charge in [-0.05, 0) is 0 Å². The molecular weight excluding hydrogens is 174 g/mol. The molecule has 1 heterocycles. The van der Waals surface area contributed by atoms with Crippen LogP contribution < -0.4 is 11.0 Å². The van der Waals surface area contributed by atoms with Crippen molar-refractivity contribution in [2.45, 2.75) is 6.04 Å². The van der Waals surface area contributed by atoms with Gasteiger partial charge in [0.2, 0.25) is 0 Å². The predicted octanol–water partition coefficient (Wildman–Crippen LogP) is -1.47. The van der Waals surface area contributed by atoms with E-state index in [4.69, 9.17) is 10.4 Å². The Kier molecular flexibility index (Phi) is 4.31. The van der Waals surface area contributed by atoms with Gasteiger partial charge in [-0.1, -0.05) is 0 Å². The molecule has 0 saturated carbocycles. The molecule has 7 heteroatoms. The standard InChI is InChI=1S/C4H9N3O3.ClH/c8-4(6-10)3-1-7(3)2-5-9;/h3,5,9-10H,1-2H2,(H,6,8);1H. The van der Waals surface area contributed by atoms with Gasteiger partial charge < -0.3 is 5.21 Å². The van der Waals surface area contributed by atoms with E-state index in [9.17, 15) is 4.79 Å². The van der Waals surface area contributed by atoms with Crippen molar-refractivity contribution in [2.75, 3.05) is 13.2 Å². The summed E-state index contributed by atoms with van der Waals surface area (Å²) in [5.41, 5.74) is 3.43. The zero-order valence-electron chi connectivity index (χ0n) is 5.65. The van der Waals surface area contributed by atoms with Gasteiger partial charge in [-0.2, -0.15) is 5.48 Å². The first-order valence-electron chi connectivity index (χ1n) is 2.84. The molecule has 4 N–H and O–H groups in total. The first-order chi connectivity index (χ1) is 4.79. The second-order valence-corrected chi connectivity index (χ2v) is 2.08. The van der Waals surface area contributed by atoms with Crippen LogP contribution in [0.5, 0.6) is 0 Å². The lowest BCUT2D eigenvalue weighted by Gasteiger charge is -1.98. The molecule has 0 aliphatic carbocycles. The Morgan fingerprint density at radius 3 is 2.73 bits per heavy atom. The SMILES string of the molecule is Cl.O=C(NO)C1CN1CNO. The summed E-state index contributed by atoms with van der Waals surface area (Å²) < 4.78 is 0. The Bertz CT molecular complexity index is 145. The lowest BCUT2D eigenvalue weighted by Crippen LogP contribution is -2.29. The molecule has 1 rings (SSSR count). The Hall–Kier alpha value is -0.400. The molecule has 6 nitrogen and oxygen atoms in total. The number of hydroxylamine groups is 2. The van der Waals surface area contributed by atoms with E-state index in [-0.39, 0.29) is 25.1 Å². The summed E-state index contributed by atoms with van der Waals surface area (Å²) in [5.74, 6) is -0.435. The molecular formula is C4H10ClN3O3. The molecule has 1 amide bonds. The van der Waals surface area contributed by atoms with E-state index in [1.165, 1.54) is 5.48 Å². The number of carbonyl (C=O) groups is 1. The van der Waals surface area contributed by atoms with Gasteiger partial charge in [0.1, 0.15) is 6.04 Å². The maximum Gasteiger partial charge on any atom is 0.262 e. The molecule has 0 bridgehead atoms. The van der Waals surface area contributed by atoms with Gasteiger partial charge in [0.05, 0.1) is 6.67 Å². The largest absolute Gasteiger partial charge is 0.316 e.